The standard InChI is InChI=1S/C14H11N3O3/c1-17-12(18)8-4-2-3-7-10(16-14(15)20)6-5-9(11(7)8)13(17)19/h2-6H,1H3,(H3,15,16,20). The maximum absolute atomic E-state index is 12.1. The van der Waals surface area contributed by atoms with Gasteiger partial charge >= 0.3 is 6.03 Å². The lowest BCUT2D eigenvalue weighted by Gasteiger charge is -2.24. The SMILES string of the molecule is CN1C(=O)c2cccc3c(NC(N)=O)ccc(c23)C1=O. The monoisotopic (exact) mass is 269 g/mol. The molecule has 3 N–H and O–H groups in total. The fourth-order valence-corrected chi connectivity index (χ4v) is 2.46. The number of carbonyl (C=O) groups is 3. The molecule has 6 heteroatoms. The van der Waals surface area contributed by atoms with Crippen LogP contribution in [0.4, 0.5) is 10.5 Å². The highest BCUT2D eigenvalue weighted by Gasteiger charge is 2.30. The van der Waals surface area contributed by atoms with E-state index in [0.29, 0.717) is 27.6 Å². The Balaban J connectivity index is 2.38. The smallest absolute Gasteiger partial charge is 0.316 e. The minimum atomic E-state index is -0.698. The Hall–Kier alpha value is -2.89. The van der Waals surface area contributed by atoms with Crippen molar-refractivity contribution in [1.82, 2.24) is 4.90 Å². The van der Waals surface area contributed by atoms with Crippen LogP contribution in [0, 0.1) is 0 Å². The molecule has 100 valence electrons. The van der Waals surface area contributed by atoms with Gasteiger partial charge in [-0.05, 0) is 18.2 Å². The molecule has 1 heterocycles. The number of benzene rings is 2. The molecule has 0 atom stereocenters. The van der Waals surface area contributed by atoms with Crippen LogP contribution in [0.25, 0.3) is 10.8 Å². The Morgan fingerprint density at radius 3 is 2.40 bits per heavy atom. The zero-order valence-corrected chi connectivity index (χ0v) is 10.6. The first kappa shape index (κ1) is 12.2. The van der Waals surface area contributed by atoms with Gasteiger partial charge in [-0.1, -0.05) is 12.1 Å². The second kappa shape index (κ2) is 4.06. The van der Waals surface area contributed by atoms with Crippen molar-refractivity contribution < 1.29 is 14.4 Å². The lowest BCUT2D eigenvalue weighted by atomic mass is 9.93. The van der Waals surface area contributed by atoms with E-state index in [0.717, 1.165) is 4.90 Å². The predicted octanol–water partition coefficient (Wildman–Crippen LogP) is 1.56. The number of hydrogen-bond acceptors (Lipinski definition) is 3. The highest BCUT2D eigenvalue weighted by atomic mass is 16.2. The third-order valence-corrected chi connectivity index (χ3v) is 3.37. The van der Waals surface area contributed by atoms with Crippen LogP contribution in [0.15, 0.2) is 30.3 Å². The van der Waals surface area contributed by atoms with Gasteiger partial charge in [-0.2, -0.15) is 0 Å². The quantitative estimate of drug-likeness (QED) is 0.769. The number of carbonyl (C=O) groups excluding carboxylic acids is 3. The van der Waals surface area contributed by atoms with Crippen molar-refractivity contribution in [3.63, 3.8) is 0 Å². The van der Waals surface area contributed by atoms with Crippen LogP contribution in [0.2, 0.25) is 0 Å². The molecule has 4 amide bonds. The minimum Gasteiger partial charge on any atom is -0.351 e. The molecule has 0 aliphatic carbocycles. The molecule has 0 spiro atoms. The largest absolute Gasteiger partial charge is 0.351 e. The summed E-state index contributed by atoms with van der Waals surface area (Å²) in [5.74, 6) is -0.714. The lowest BCUT2D eigenvalue weighted by molar-refractivity contribution is 0.0650. The number of imide groups is 1. The van der Waals surface area contributed by atoms with Crippen molar-refractivity contribution in [3.8, 4) is 0 Å². The average molecular weight is 269 g/mol. The second-order valence-electron chi connectivity index (χ2n) is 4.55. The first-order chi connectivity index (χ1) is 9.50. The number of anilines is 1. The van der Waals surface area contributed by atoms with Gasteiger partial charge < -0.3 is 11.1 Å². The number of amides is 4. The van der Waals surface area contributed by atoms with E-state index in [9.17, 15) is 14.4 Å². The fraction of sp³-hybridized carbons (Fsp3) is 0.0714. The number of nitrogens with two attached hydrogens (primary N) is 1. The van der Waals surface area contributed by atoms with E-state index in [2.05, 4.69) is 5.32 Å². The molecule has 3 rings (SSSR count). The molecule has 0 fully saturated rings. The summed E-state index contributed by atoms with van der Waals surface area (Å²) in [6.07, 6.45) is 0. The third kappa shape index (κ3) is 1.55. The van der Waals surface area contributed by atoms with Gasteiger partial charge in [-0.3, -0.25) is 14.5 Å². The van der Waals surface area contributed by atoms with Crippen molar-refractivity contribution in [2.75, 3.05) is 12.4 Å². The molecule has 0 unspecified atom stereocenters. The molecule has 0 bridgehead atoms. The summed E-state index contributed by atoms with van der Waals surface area (Å²) < 4.78 is 0. The second-order valence-corrected chi connectivity index (χ2v) is 4.55. The molecular formula is C14H11N3O3. The summed E-state index contributed by atoms with van der Waals surface area (Å²) in [7, 11) is 1.45. The van der Waals surface area contributed by atoms with Crippen LogP contribution in [0.3, 0.4) is 0 Å². The van der Waals surface area contributed by atoms with Crippen LogP contribution in [0.5, 0.6) is 0 Å². The molecule has 6 nitrogen and oxygen atoms in total. The van der Waals surface area contributed by atoms with Crippen molar-refractivity contribution in [1.29, 1.82) is 0 Å². The zero-order valence-electron chi connectivity index (χ0n) is 10.6. The van der Waals surface area contributed by atoms with E-state index in [-0.39, 0.29) is 11.8 Å². The minimum absolute atomic E-state index is 0.357. The van der Waals surface area contributed by atoms with E-state index in [1.807, 2.05) is 0 Å². The van der Waals surface area contributed by atoms with Gasteiger partial charge in [0, 0.05) is 28.9 Å². The van der Waals surface area contributed by atoms with E-state index in [1.54, 1.807) is 30.3 Å². The van der Waals surface area contributed by atoms with Crippen molar-refractivity contribution in [2.24, 2.45) is 5.73 Å². The van der Waals surface area contributed by atoms with Crippen LogP contribution in [-0.2, 0) is 0 Å². The van der Waals surface area contributed by atoms with E-state index < -0.39 is 6.03 Å². The molecule has 0 radical (unpaired) electrons. The van der Waals surface area contributed by atoms with Crippen molar-refractivity contribution >= 4 is 34.3 Å². The van der Waals surface area contributed by atoms with Gasteiger partial charge in [-0.15, -0.1) is 0 Å². The Morgan fingerprint density at radius 1 is 1.10 bits per heavy atom. The van der Waals surface area contributed by atoms with Gasteiger partial charge in [0.25, 0.3) is 11.8 Å². The highest BCUT2D eigenvalue weighted by Crippen LogP contribution is 2.33. The molecule has 1 aliphatic rings. The fourth-order valence-electron chi connectivity index (χ4n) is 2.46. The number of hydrogen-bond donors (Lipinski definition) is 2. The Kier molecular flexibility index (Phi) is 2.47. The summed E-state index contributed by atoms with van der Waals surface area (Å²) in [4.78, 5) is 36.4. The average Bonchev–Trinajstić information content (AvgIpc) is 2.43. The van der Waals surface area contributed by atoms with E-state index in [4.69, 9.17) is 5.73 Å². The molecule has 1 aliphatic heterocycles. The van der Waals surface area contributed by atoms with Gasteiger partial charge in [0.1, 0.15) is 0 Å². The topological polar surface area (TPSA) is 92.5 Å². The zero-order chi connectivity index (χ0) is 14.4. The Labute approximate surface area is 114 Å². The van der Waals surface area contributed by atoms with Crippen molar-refractivity contribution in [2.45, 2.75) is 0 Å². The van der Waals surface area contributed by atoms with Crippen molar-refractivity contribution in [3.05, 3.63) is 41.5 Å². The highest BCUT2D eigenvalue weighted by molar-refractivity contribution is 6.27. The lowest BCUT2D eigenvalue weighted by Crippen LogP contribution is -2.37. The summed E-state index contributed by atoms with van der Waals surface area (Å²) in [5.41, 5.74) is 6.47. The Bertz CT molecular complexity index is 760. The molecule has 0 saturated heterocycles. The normalized spacial score (nSPS) is 13.8. The van der Waals surface area contributed by atoms with Crippen LogP contribution < -0.4 is 11.1 Å². The molecular weight excluding hydrogens is 258 g/mol. The Morgan fingerprint density at radius 2 is 1.75 bits per heavy atom. The maximum atomic E-state index is 12.1. The summed E-state index contributed by atoms with van der Waals surface area (Å²) in [5, 5.41) is 3.66. The molecule has 0 aromatic heterocycles. The van der Waals surface area contributed by atoms with Gasteiger partial charge in [0.05, 0.1) is 5.69 Å². The number of nitrogens with one attached hydrogen (secondary N) is 1. The molecule has 0 saturated carbocycles. The molecule has 2 aromatic carbocycles. The molecule has 2 aromatic rings. The first-order valence-corrected chi connectivity index (χ1v) is 5.95. The number of rotatable bonds is 1. The van der Waals surface area contributed by atoms with Crippen LogP contribution >= 0.6 is 0 Å². The molecule has 20 heavy (non-hydrogen) atoms. The third-order valence-electron chi connectivity index (χ3n) is 3.37. The summed E-state index contributed by atoms with van der Waals surface area (Å²) >= 11 is 0. The van der Waals surface area contributed by atoms with E-state index >= 15 is 0 Å². The summed E-state index contributed by atoms with van der Waals surface area (Å²) in [6, 6.07) is 7.59. The number of nitrogens with zero attached hydrogens (tertiary/aromatic N) is 1. The number of primary amides is 1. The van der Waals surface area contributed by atoms with E-state index in [1.165, 1.54) is 7.05 Å². The predicted molar refractivity (Wildman–Crippen MR) is 73.6 cm³/mol. The van der Waals surface area contributed by atoms with Gasteiger partial charge in [-0.25, -0.2) is 4.79 Å². The first-order valence-electron chi connectivity index (χ1n) is 5.95. The number of urea groups is 1. The maximum Gasteiger partial charge on any atom is 0.316 e. The van der Waals surface area contributed by atoms with Gasteiger partial charge in [0.2, 0.25) is 0 Å². The van der Waals surface area contributed by atoms with Gasteiger partial charge in [0.15, 0.2) is 0 Å². The van der Waals surface area contributed by atoms with Crippen LogP contribution in [-0.4, -0.2) is 29.8 Å². The van der Waals surface area contributed by atoms with Crippen LogP contribution in [0.1, 0.15) is 20.7 Å². The summed E-state index contributed by atoms with van der Waals surface area (Å²) in [6.45, 7) is 0.